The molecule has 0 saturated carbocycles. The van der Waals surface area contributed by atoms with Crippen LogP contribution in [0, 0.1) is 6.92 Å². The van der Waals surface area contributed by atoms with Gasteiger partial charge in [-0.25, -0.2) is 19.6 Å². The van der Waals surface area contributed by atoms with Crippen LogP contribution in [-0.4, -0.2) is 43.9 Å². The van der Waals surface area contributed by atoms with Crippen LogP contribution < -0.4 is 10.6 Å². The molecule has 5 rings (SSSR count). The highest BCUT2D eigenvalue weighted by Crippen LogP contribution is 2.43. The van der Waals surface area contributed by atoms with E-state index in [-0.39, 0.29) is 35.9 Å². The molecule has 2 aromatic carbocycles. The number of carboxylic acids is 2. The number of nitrogens with one attached hydrogen (secondary N) is 2. The van der Waals surface area contributed by atoms with E-state index in [4.69, 9.17) is 5.11 Å². The molecule has 0 unspecified atom stereocenters. The number of hydrogen-bond acceptors (Lipinski definition) is 6. The molecule has 2 amide bonds. The molecule has 2 aromatic heterocycles. The zero-order chi connectivity index (χ0) is 42.8. The van der Waals surface area contributed by atoms with E-state index >= 15 is 0 Å². The molecule has 304 valence electrons. The van der Waals surface area contributed by atoms with Crippen molar-refractivity contribution in [2.45, 2.75) is 57.3 Å². The number of aryl methyl sites for hydroxylation is 3. The van der Waals surface area contributed by atoms with Crippen LogP contribution in [0.4, 0.5) is 64.3 Å². The first kappa shape index (κ1) is 43.5. The van der Waals surface area contributed by atoms with Gasteiger partial charge < -0.3 is 20.8 Å². The lowest BCUT2D eigenvalue weighted by molar-refractivity contribution is -0.162. The standard InChI is InChI=1S/C19H14F6N2O3.C16H10F6N2O3/c20-18(21,22)12-7-10(11(17(29)30)8-13(12)19(23,24)25)16(28)27-15-6-5-9-3-1-2-4-14(9)26-15;1-7-3-2-4-12(23-7)24-13(25)8-5-10(15(17,18)19)11(16(20,21)22)6-9(8)14(26)27/h5-8H,1-4H2,(H,29,30)(H,26,27,28);2-6H,1H3,(H,26,27)(H,23,24,25). The van der Waals surface area contributed by atoms with E-state index in [1.807, 2.05) is 0 Å². The molecular formula is C35H24F12N4O6. The number of amides is 2. The zero-order valence-electron chi connectivity index (χ0n) is 28.5. The Bertz CT molecular complexity index is 2230. The molecule has 4 N–H and O–H groups in total. The molecule has 0 fully saturated rings. The number of pyridine rings is 2. The Balaban J connectivity index is 0.000000254. The summed E-state index contributed by atoms with van der Waals surface area (Å²) in [5, 5.41) is 22.5. The molecular weight excluding hydrogens is 800 g/mol. The predicted molar refractivity (Wildman–Crippen MR) is 173 cm³/mol. The fraction of sp³-hybridized carbons (Fsp3) is 0.257. The summed E-state index contributed by atoms with van der Waals surface area (Å²) in [5.41, 5.74) is -11.2. The quantitative estimate of drug-likeness (QED) is 0.140. The summed E-state index contributed by atoms with van der Waals surface area (Å²) in [4.78, 5) is 55.4. The maximum Gasteiger partial charge on any atom is 0.417 e. The number of fused-ring (bicyclic) bond motifs is 1. The van der Waals surface area contributed by atoms with Crippen molar-refractivity contribution in [2.75, 3.05) is 10.6 Å². The van der Waals surface area contributed by atoms with Crippen LogP contribution in [-0.2, 0) is 37.5 Å². The molecule has 2 heterocycles. The van der Waals surface area contributed by atoms with Crippen molar-refractivity contribution in [3.05, 3.63) is 116 Å². The van der Waals surface area contributed by atoms with Gasteiger partial charge in [-0.3, -0.25) is 9.59 Å². The van der Waals surface area contributed by atoms with Crippen LogP contribution in [0.15, 0.2) is 54.6 Å². The monoisotopic (exact) mass is 824 g/mol. The number of aromatic nitrogens is 2. The first-order valence-electron chi connectivity index (χ1n) is 15.8. The van der Waals surface area contributed by atoms with E-state index in [1.165, 1.54) is 18.2 Å². The van der Waals surface area contributed by atoms with Gasteiger partial charge in [-0.15, -0.1) is 0 Å². The third-order valence-electron chi connectivity index (χ3n) is 8.04. The Labute approximate surface area is 311 Å². The van der Waals surface area contributed by atoms with Crippen molar-refractivity contribution in [1.29, 1.82) is 0 Å². The lowest BCUT2D eigenvalue weighted by Gasteiger charge is -2.19. The third-order valence-corrected chi connectivity index (χ3v) is 8.04. The number of benzene rings is 2. The summed E-state index contributed by atoms with van der Waals surface area (Å²) in [6.07, 6.45) is -18.6. The highest BCUT2D eigenvalue weighted by molar-refractivity contribution is 6.11. The normalized spacial score (nSPS) is 13.1. The Morgan fingerprint density at radius 1 is 0.544 bits per heavy atom. The van der Waals surface area contributed by atoms with Gasteiger partial charge in [0.1, 0.15) is 11.6 Å². The third kappa shape index (κ3) is 10.6. The largest absolute Gasteiger partial charge is 0.478 e. The molecule has 0 saturated heterocycles. The lowest BCUT2D eigenvalue weighted by atomic mass is 9.96. The average Bonchev–Trinajstić information content (AvgIpc) is 3.09. The van der Waals surface area contributed by atoms with Gasteiger partial charge >= 0.3 is 36.6 Å². The van der Waals surface area contributed by atoms with E-state index in [0.29, 0.717) is 17.8 Å². The van der Waals surface area contributed by atoms with Gasteiger partial charge in [0, 0.05) is 11.4 Å². The van der Waals surface area contributed by atoms with Crippen molar-refractivity contribution in [3.8, 4) is 0 Å². The number of anilines is 2. The number of alkyl halides is 12. The summed E-state index contributed by atoms with van der Waals surface area (Å²) in [7, 11) is 0. The fourth-order valence-corrected chi connectivity index (χ4v) is 5.50. The van der Waals surface area contributed by atoms with Crippen LogP contribution in [0.2, 0.25) is 0 Å². The molecule has 1 aliphatic carbocycles. The van der Waals surface area contributed by atoms with E-state index in [2.05, 4.69) is 20.6 Å². The molecule has 22 heteroatoms. The minimum atomic E-state index is -5.47. The highest BCUT2D eigenvalue weighted by atomic mass is 19.4. The smallest absolute Gasteiger partial charge is 0.417 e. The van der Waals surface area contributed by atoms with E-state index in [1.54, 1.807) is 19.1 Å². The van der Waals surface area contributed by atoms with Crippen LogP contribution >= 0.6 is 0 Å². The van der Waals surface area contributed by atoms with Crippen LogP contribution in [0.1, 0.15) is 93.5 Å². The molecule has 0 atom stereocenters. The number of carboxylic acid groups (broad SMARTS) is 2. The molecule has 4 aromatic rings. The van der Waals surface area contributed by atoms with Crippen molar-refractivity contribution < 1.29 is 82.1 Å². The minimum Gasteiger partial charge on any atom is -0.478 e. The maximum atomic E-state index is 13.2. The summed E-state index contributed by atoms with van der Waals surface area (Å²) in [5.74, 6) is -6.76. The highest BCUT2D eigenvalue weighted by Gasteiger charge is 2.46. The Kier molecular flexibility index (Phi) is 12.3. The van der Waals surface area contributed by atoms with Gasteiger partial charge in [-0.1, -0.05) is 12.1 Å². The summed E-state index contributed by atoms with van der Waals surface area (Å²) in [6, 6.07) is 6.77. The van der Waals surface area contributed by atoms with Crippen molar-refractivity contribution in [3.63, 3.8) is 0 Å². The van der Waals surface area contributed by atoms with Gasteiger partial charge in [0.15, 0.2) is 0 Å². The number of hydrogen-bond donors (Lipinski definition) is 4. The second kappa shape index (κ2) is 16.1. The number of nitrogens with zero attached hydrogens (tertiary/aromatic N) is 2. The average molecular weight is 825 g/mol. The van der Waals surface area contributed by atoms with Crippen LogP contribution in [0.5, 0.6) is 0 Å². The van der Waals surface area contributed by atoms with Gasteiger partial charge in [-0.2, -0.15) is 52.7 Å². The molecule has 0 aliphatic heterocycles. The number of carbonyl (C=O) groups excluding carboxylic acids is 2. The topological polar surface area (TPSA) is 159 Å². The van der Waals surface area contributed by atoms with Crippen molar-refractivity contribution in [1.82, 2.24) is 9.97 Å². The van der Waals surface area contributed by atoms with Gasteiger partial charge in [-0.05, 0) is 80.6 Å². The maximum absolute atomic E-state index is 13.2. The Morgan fingerprint density at radius 3 is 1.32 bits per heavy atom. The van der Waals surface area contributed by atoms with Gasteiger partial charge in [0.05, 0.1) is 44.5 Å². The van der Waals surface area contributed by atoms with E-state index in [0.717, 1.165) is 24.8 Å². The molecule has 0 radical (unpaired) electrons. The van der Waals surface area contributed by atoms with Crippen LogP contribution in [0.3, 0.4) is 0 Å². The first-order valence-corrected chi connectivity index (χ1v) is 15.8. The number of carbonyl (C=O) groups is 4. The van der Waals surface area contributed by atoms with E-state index < -0.39 is 93.0 Å². The first-order chi connectivity index (χ1) is 26.2. The molecule has 0 bridgehead atoms. The Morgan fingerprint density at radius 2 is 0.930 bits per heavy atom. The van der Waals surface area contributed by atoms with Gasteiger partial charge in [0.25, 0.3) is 11.8 Å². The van der Waals surface area contributed by atoms with Crippen molar-refractivity contribution >= 4 is 35.4 Å². The van der Waals surface area contributed by atoms with E-state index in [9.17, 15) is 77.0 Å². The molecule has 0 spiro atoms. The fourth-order valence-electron chi connectivity index (χ4n) is 5.50. The molecule has 57 heavy (non-hydrogen) atoms. The van der Waals surface area contributed by atoms with Crippen molar-refractivity contribution in [2.24, 2.45) is 0 Å². The Hall–Kier alpha value is -6.22. The number of aromatic carboxylic acids is 2. The predicted octanol–water partition coefficient (Wildman–Crippen LogP) is 9.33. The summed E-state index contributed by atoms with van der Waals surface area (Å²) >= 11 is 0. The summed E-state index contributed by atoms with van der Waals surface area (Å²) in [6.45, 7) is 1.55. The zero-order valence-corrected chi connectivity index (χ0v) is 28.5. The second-order valence-electron chi connectivity index (χ2n) is 12.1. The molecule has 1 aliphatic rings. The minimum absolute atomic E-state index is 0.0366. The second-order valence-corrected chi connectivity index (χ2v) is 12.1. The van der Waals surface area contributed by atoms with Gasteiger partial charge in [0.2, 0.25) is 0 Å². The molecule has 10 nitrogen and oxygen atoms in total. The SMILES string of the molecule is Cc1cccc(NC(=O)c2cc(C(F)(F)F)c(C(F)(F)F)cc2C(=O)O)n1.O=C(O)c1cc(C(F)(F)F)c(C(F)(F)F)cc1C(=O)Nc1ccc2c(n1)CCCC2. The number of halogens is 12. The van der Waals surface area contributed by atoms with Crippen LogP contribution in [0.25, 0.3) is 0 Å². The summed E-state index contributed by atoms with van der Waals surface area (Å²) < 4.78 is 157. The number of rotatable bonds is 6. The lowest BCUT2D eigenvalue weighted by Crippen LogP contribution is -2.23.